The van der Waals surface area contributed by atoms with Gasteiger partial charge in [0, 0.05) is 50.8 Å². The summed E-state index contributed by atoms with van der Waals surface area (Å²) in [6.45, 7) is 17.1. The third kappa shape index (κ3) is 9.96. The van der Waals surface area contributed by atoms with E-state index in [2.05, 4.69) is 61.4 Å². The Kier molecular flexibility index (Phi) is 12.8. The fraction of sp³-hybridized carbons (Fsp3) is 0.720. The molecule has 33 heavy (non-hydrogen) atoms. The molecule has 0 radical (unpaired) electrons. The van der Waals surface area contributed by atoms with E-state index >= 15 is 0 Å². The predicted molar refractivity (Wildman–Crippen MR) is 145 cm³/mol. The van der Waals surface area contributed by atoms with Crippen LogP contribution in [0.2, 0.25) is 0 Å². The Balaban J connectivity index is 0.00000385. The highest BCUT2D eigenvalue weighted by atomic mass is 127. The first-order valence-corrected chi connectivity index (χ1v) is 12.2. The van der Waals surface area contributed by atoms with Crippen LogP contribution in [-0.4, -0.2) is 76.1 Å². The van der Waals surface area contributed by atoms with E-state index in [0.29, 0.717) is 25.0 Å². The van der Waals surface area contributed by atoms with Crippen molar-refractivity contribution in [3.8, 4) is 5.75 Å². The van der Waals surface area contributed by atoms with Crippen molar-refractivity contribution in [1.82, 2.24) is 15.5 Å². The first kappa shape index (κ1) is 28.1. The summed E-state index contributed by atoms with van der Waals surface area (Å²) in [7, 11) is 0. The van der Waals surface area contributed by atoms with Gasteiger partial charge in [0.2, 0.25) is 0 Å². The number of morpholine rings is 1. The maximum absolute atomic E-state index is 6.18. The molecule has 2 fully saturated rings. The summed E-state index contributed by atoms with van der Waals surface area (Å²) >= 11 is 0. The molecule has 7 nitrogen and oxygen atoms in total. The number of aliphatic imine (C=N–C) groups is 1. The smallest absolute Gasteiger partial charge is 0.191 e. The van der Waals surface area contributed by atoms with E-state index in [-0.39, 0.29) is 30.1 Å². The standard InChI is InChI=1S/C25H42N4O3.HI/c1-5-26-25(28-14-23-16-29(9-11-31-23)15-19(2)3)27-13-22-7-6-20(4)12-24(22)32-18-21-8-10-30-17-21;/h6-7,12,19,21,23H,5,8-11,13-18H2,1-4H3,(H2,26,27,28);1H. The summed E-state index contributed by atoms with van der Waals surface area (Å²) in [5, 5.41) is 6.83. The highest BCUT2D eigenvalue weighted by Crippen LogP contribution is 2.23. The van der Waals surface area contributed by atoms with E-state index < -0.39 is 0 Å². The number of aryl methyl sites for hydroxylation is 1. The second-order valence-corrected chi connectivity index (χ2v) is 9.37. The van der Waals surface area contributed by atoms with Crippen molar-refractivity contribution < 1.29 is 14.2 Å². The molecular formula is C25H43IN4O3. The third-order valence-corrected chi connectivity index (χ3v) is 5.82. The number of nitrogens with zero attached hydrogens (tertiary/aromatic N) is 2. The molecule has 0 aromatic heterocycles. The van der Waals surface area contributed by atoms with Gasteiger partial charge in [0.1, 0.15) is 5.75 Å². The topological polar surface area (TPSA) is 67.4 Å². The molecule has 2 saturated heterocycles. The van der Waals surface area contributed by atoms with Gasteiger partial charge < -0.3 is 24.8 Å². The molecule has 3 rings (SSSR count). The Labute approximate surface area is 217 Å². The molecule has 1 aromatic carbocycles. The van der Waals surface area contributed by atoms with Gasteiger partial charge in [-0.15, -0.1) is 24.0 Å². The number of rotatable bonds is 10. The van der Waals surface area contributed by atoms with Crippen molar-refractivity contribution in [3.63, 3.8) is 0 Å². The van der Waals surface area contributed by atoms with Crippen molar-refractivity contribution in [2.24, 2.45) is 16.8 Å². The lowest BCUT2D eigenvalue weighted by molar-refractivity contribution is -0.0284. The zero-order valence-electron chi connectivity index (χ0n) is 20.8. The highest BCUT2D eigenvalue weighted by molar-refractivity contribution is 14.0. The second kappa shape index (κ2) is 15.0. The fourth-order valence-electron chi connectivity index (χ4n) is 4.15. The quantitative estimate of drug-likeness (QED) is 0.254. The van der Waals surface area contributed by atoms with Gasteiger partial charge in [-0.3, -0.25) is 4.90 Å². The molecule has 8 heteroatoms. The van der Waals surface area contributed by atoms with Crippen LogP contribution in [0.25, 0.3) is 0 Å². The maximum Gasteiger partial charge on any atom is 0.191 e. The normalized spacial score (nSPS) is 21.7. The van der Waals surface area contributed by atoms with Gasteiger partial charge in [0.25, 0.3) is 0 Å². The lowest BCUT2D eigenvalue weighted by Crippen LogP contribution is -2.50. The van der Waals surface area contributed by atoms with E-state index in [1.807, 2.05) is 0 Å². The fourth-order valence-corrected chi connectivity index (χ4v) is 4.15. The molecule has 0 aliphatic carbocycles. The zero-order valence-corrected chi connectivity index (χ0v) is 23.1. The number of nitrogens with one attached hydrogen (secondary N) is 2. The molecule has 0 bridgehead atoms. The van der Waals surface area contributed by atoms with Gasteiger partial charge >= 0.3 is 0 Å². The van der Waals surface area contributed by atoms with Gasteiger partial charge in [-0.25, -0.2) is 4.99 Å². The molecule has 2 atom stereocenters. The predicted octanol–water partition coefficient (Wildman–Crippen LogP) is 3.44. The number of hydrogen-bond donors (Lipinski definition) is 2. The minimum absolute atomic E-state index is 0. The van der Waals surface area contributed by atoms with E-state index in [1.54, 1.807) is 0 Å². The van der Waals surface area contributed by atoms with Crippen molar-refractivity contribution in [3.05, 3.63) is 29.3 Å². The van der Waals surface area contributed by atoms with Crippen molar-refractivity contribution in [2.75, 3.05) is 59.2 Å². The van der Waals surface area contributed by atoms with Crippen molar-refractivity contribution in [2.45, 2.75) is 46.8 Å². The van der Waals surface area contributed by atoms with E-state index in [9.17, 15) is 0 Å². The van der Waals surface area contributed by atoms with Crippen LogP contribution < -0.4 is 15.4 Å². The summed E-state index contributed by atoms with van der Waals surface area (Å²) in [4.78, 5) is 7.32. The Morgan fingerprint density at radius 2 is 2.12 bits per heavy atom. The van der Waals surface area contributed by atoms with Gasteiger partial charge in [-0.2, -0.15) is 0 Å². The summed E-state index contributed by atoms with van der Waals surface area (Å²) < 4.78 is 17.6. The molecule has 1 aromatic rings. The molecule has 2 heterocycles. The summed E-state index contributed by atoms with van der Waals surface area (Å²) in [6.07, 6.45) is 1.25. The van der Waals surface area contributed by atoms with Gasteiger partial charge in [-0.05, 0) is 37.8 Å². The average Bonchev–Trinajstić information content (AvgIpc) is 3.28. The minimum Gasteiger partial charge on any atom is -0.493 e. The lowest BCUT2D eigenvalue weighted by Gasteiger charge is -2.34. The number of benzene rings is 1. The number of hydrogen-bond acceptors (Lipinski definition) is 5. The molecule has 2 aliphatic rings. The highest BCUT2D eigenvalue weighted by Gasteiger charge is 2.21. The molecule has 188 valence electrons. The summed E-state index contributed by atoms with van der Waals surface area (Å²) in [5.41, 5.74) is 2.30. The molecule has 0 saturated carbocycles. The van der Waals surface area contributed by atoms with Crippen LogP contribution in [-0.2, 0) is 16.0 Å². The van der Waals surface area contributed by atoms with Crippen LogP contribution >= 0.6 is 24.0 Å². The lowest BCUT2D eigenvalue weighted by atomic mass is 10.1. The molecule has 0 amide bonds. The van der Waals surface area contributed by atoms with E-state index in [4.69, 9.17) is 19.2 Å². The first-order valence-electron chi connectivity index (χ1n) is 12.2. The third-order valence-electron chi connectivity index (χ3n) is 5.82. The van der Waals surface area contributed by atoms with Crippen molar-refractivity contribution >= 4 is 29.9 Å². The Morgan fingerprint density at radius 1 is 1.27 bits per heavy atom. The SMILES string of the molecule is CCNC(=NCc1ccc(C)cc1OCC1CCOC1)NCC1CN(CC(C)C)CCO1.I. The zero-order chi connectivity index (χ0) is 22.8. The average molecular weight is 575 g/mol. The molecule has 0 spiro atoms. The van der Waals surface area contributed by atoms with Gasteiger partial charge in [0.15, 0.2) is 5.96 Å². The van der Waals surface area contributed by atoms with E-state index in [1.165, 1.54) is 5.56 Å². The molecule has 2 N–H and O–H groups in total. The summed E-state index contributed by atoms with van der Waals surface area (Å²) in [6, 6.07) is 6.35. The first-order chi connectivity index (χ1) is 15.5. The van der Waals surface area contributed by atoms with Gasteiger partial charge in [-0.1, -0.05) is 26.0 Å². The second-order valence-electron chi connectivity index (χ2n) is 9.37. The van der Waals surface area contributed by atoms with E-state index in [0.717, 1.165) is 76.2 Å². The Morgan fingerprint density at radius 3 is 2.85 bits per heavy atom. The Hall–Kier alpha value is -1.10. The monoisotopic (exact) mass is 574 g/mol. The molecule has 2 unspecified atom stereocenters. The minimum atomic E-state index is 0. The van der Waals surface area contributed by atoms with Crippen LogP contribution in [0.4, 0.5) is 0 Å². The largest absolute Gasteiger partial charge is 0.493 e. The van der Waals surface area contributed by atoms with Crippen molar-refractivity contribution in [1.29, 1.82) is 0 Å². The molecule has 2 aliphatic heterocycles. The van der Waals surface area contributed by atoms with Crippen LogP contribution in [0.3, 0.4) is 0 Å². The number of guanidine groups is 1. The van der Waals surface area contributed by atoms with Crippen LogP contribution in [0.1, 0.15) is 38.3 Å². The molecular weight excluding hydrogens is 531 g/mol. The maximum atomic E-state index is 6.18. The van der Waals surface area contributed by atoms with Gasteiger partial charge in [0.05, 0.1) is 32.5 Å². The van der Waals surface area contributed by atoms with Crippen LogP contribution in [0.15, 0.2) is 23.2 Å². The Bertz CT molecular complexity index is 726. The summed E-state index contributed by atoms with van der Waals surface area (Å²) in [5.74, 6) is 2.90. The van der Waals surface area contributed by atoms with Crippen LogP contribution in [0, 0.1) is 18.8 Å². The van der Waals surface area contributed by atoms with Crippen LogP contribution in [0.5, 0.6) is 5.75 Å². The number of halogens is 1. The number of ether oxygens (including phenoxy) is 3.